The number of alkyl halides is 2. The van der Waals surface area contributed by atoms with Crippen LogP contribution in [0.2, 0.25) is 0 Å². The summed E-state index contributed by atoms with van der Waals surface area (Å²) < 4.78 is 31.8. The predicted molar refractivity (Wildman–Crippen MR) is 79.9 cm³/mol. The van der Waals surface area contributed by atoms with E-state index < -0.39 is 19.0 Å². The lowest BCUT2D eigenvalue weighted by molar-refractivity contribution is -0.110. The summed E-state index contributed by atoms with van der Waals surface area (Å²) in [4.78, 5) is 10.1. The lowest BCUT2D eigenvalue weighted by Gasteiger charge is -2.17. The van der Waals surface area contributed by atoms with Crippen molar-refractivity contribution in [1.29, 1.82) is 0 Å². The second-order valence-electron chi connectivity index (χ2n) is 4.92. The molecule has 0 N–H and O–H groups in total. The first-order chi connectivity index (χ1) is 9.89. The van der Waals surface area contributed by atoms with Crippen LogP contribution in [0.25, 0.3) is 0 Å². The first kappa shape index (κ1) is 17.1. The fraction of sp³-hybridized carbons (Fsp3) is 0.353. The highest BCUT2D eigenvalue weighted by Crippen LogP contribution is 2.26. The van der Waals surface area contributed by atoms with E-state index >= 15 is 0 Å². The Morgan fingerprint density at radius 3 is 2.52 bits per heavy atom. The van der Waals surface area contributed by atoms with Crippen LogP contribution < -0.4 is 4.74 Å². The number of benzene rings is 1. The summed E-state index contributed by atoms with van der Waals surface area (Å²) in [5.41, 5.74) is 1.91. The molecular weight excluding hydrogens is 274 g/mol. The lowest BCUT2D eigenvalue weighted by Crippen LogP contribution is -2.25. The van der Waals surface area contributed by atoms with Crippen LogP contribution in [0.3, 0.4) is 0 Å². The molecule has 2 nitrogen and oxygen atoms in total. The number of aldehydes is 1. The minimum Gasteiger partial charge on any atom is -0.487 e. The Bertz CT molecular complexity index is 492. The van der Waals surface area contributed by atoms with Crippen molar-refractivity contribution in [3.05, 3.63) is 54.6 Å². The fourth-order valence-electron chi connectivity index (χ4n) is 1.77. The van der Waals surface area contributed by atoms with Gasteiger partial charge in [0.05, 0.1) is 0 Å². The first-order valence-electron chi connectivity index (χ1n) is 6.75. The molecule has 0 bridgehead atoms. The molecule has 1 aromatic carbocycles. The van der Waals surface area contributed by atoms with Gasteiger partial charge in [-0.25, -0.2) is 8.78 Å². The number of carbonyl (C=O) groups excluding carboxylic acids is 1. The van der Waals surface area contributed by atoms with Crippen molar-refractivity contribution in [2.45, 2.75) is 31.6 Å². The molecule has 1 aromatic rings. The van der Waals surface area contributed by atoms with Gasteiger partial charge in [0.15, 0.2) is 6.61 Å². The minimum atomic E-state index is -3.00. The van der Waals surface area contributed by atoms with Gasteiger partial charge < -0.3 is 9.53 Å². The van der Waals surface area contributed by atoms with Crippen molar-refractivity contribution in [2.24, 2.45) is 0 Å². The molecule has 0 fully saturated rings. The molecule has 0 radical (unpaired) electrons. The zero-order valence-corrected chi connectivity index (χ0v) is 12.1. The van der Waals surface area contributed by atoms with Crippen molar-refractivity contribution in [1.82, 2.24) is 0 Å². The predicted octanol–water partition coefficient (Wildman–Crippen LogP) is 4.53. The number of hydrogen-bond donors (Lipinski definition) is 0. The van der Waals surface area contributed by atoms with E-state index in [0.29, 0.717) is 12.0 Å². The Hall–Kier alpha value is -1.97. The van der Waals surface area contributed by atoms with E-state index in [0.717, 1.165) is 11.1 Å². The second-order valence-corrected chi connectivity index (χ2v) is 4.92. The number of allylic oxidation sites excluding steroid dienone is 2. The third-order valence-corrected chi connectivity index (χ3v) is 3.28. The van der Waals surface area contributed by atoms with Gasteiger partial charge >= 0.3 is 0 Å². The molecule has 114 valence electrons. The molecule has 0 saturated heterocycles. The Labute approximate surface area is 124 Å². The summed E-state index contributed by atoms with van der Waals surface area (Å²) in [5, 5.41) is 0. The zero-order valence-electron chi connectivity index (χ0n) is 12.1. The van der Waals surface area contributed by atoms with E-state index in [1.54, 1.807) is 18.2 Å². The Morgan fingerprint density at radius 2 is 2.00 bits per heavy atom. The molecule has 0 unspecified atom stereocenters. The molecule has 0 spiro atoms. The third kappa shape index (κ3) is 5.50. The average Bonchev–Trinajstić information content (AvgIpc) is 2.50. The molecule has 0 amide bonds. The summed E-state index contributed by atoms with van der Waals surface area (Å²) in [6.45, 7) is 8.83. The van der Waals surface area contributed by atoms with Crippen LogP contribution in [0.1, 0.15) is 31.2 Å². The highest BCUT2D eigenvalue weighted by atomic mass is 19.3. The quantitative estimate of drug-likeness (QED) is 0.494. The van der Waals surface area contributed by atoms with Crippen molar-refractivity contribution in [3.8, 4) is 5.75 Å². The molecule has 1 rings (SSSR count). The van der Waals surface area contributed by atoms with E-state index in [-0.39, 0.29) is 12.3 Å². The lowest BCUT2D eigenvalue weighted by atomic mass is 9.94. The minimum absolute atomic E-state index is 0.116. The van der Waals surface area contributed by atoms with E-state index in [9.17, 15) is 13.6 Å². The van der Waals surface area contributed by atoms with Crippen molar-refractivity contribution >= 4 is 6.29 Å². The number of hydrogen-bond acceptors (Lipinski definition) is 2. The summed E-state index contributed by atoms with van der Waals surface area (Å²) in [5.74, 6) is -2.50. The van der Waals surface area contributed by atoms with Crippen molar-refractivity contribution in [3.63, 3.8) is 0 Å². The van der Waals surface area contributed by atoms with Crippen LogP contribution in [0.4, 0.5) is 8.78 Å². The van der Waals surface area contributed by atoms with Crippen LogP contribution in [-0.2, 0) is 4.79 Å². The Kier molecular flexibility index (Phi) is 6.28. The van der Waals surface area contributed by atoms with Crippen LogP contribution in [-0.4, -0.2) is 18.8 Å². The number of carbonyl (C=O) groups is 1. The molecule has 4 heteroatoms. The summed E-state index contributed by atoms with van der Waals surface area (Å²) in [6, 6.07) is 6.94. The summed E-state index contributed by atoms with van der Waals surface area (Å²) in [7, 11) is 0. The van der Waals surface area contributed by atoms with Gasteiger partial charge in [-0.2, -0.15) is 0 Å². The average molecular weight is 294 g/mol. The van der Waals surface area contributed by atoms with Crippen LogP contribution in [0.5, 0.6) is 5.75 Å². The summed E-state index contributed by atoms with van der Waals surface area (Å²) >= 11 is 0. The summed E-state index contributed by atoms with van der Waals surface area (Å²) in [6.07, 6.45) is 1.51. The fourth-order valence-corrected chi connectivity index (χ4v) is 1.77. The maximum absolute atomic E-state index is 13.3. The molecule has 0 aliphatic carbocycles. The van der Waals surface area contributed by atoms with E-state index in [4.69, 9.17) is 4.74 Å². The van der Waals surface area contributed by atoms with Crippen LogP contribution >= 0.6 is 0 Å². The van der Waals surface area contributed by atoms with Gasteiger partial charge in [-0.3, -0.25) is 0 Å². The Balaban J connectivity index is 2.60. The monoisotopic (exact) mass is 294 g/mol. The SMILES string of the molecule is C=CC(=C)[C@H](C)c1ccc(OCC(F)(F)CCC=O)cc1. The van der Waals surface area contributed by atoms with Gasteiger partial charge in [-0.15, -0.1) is 0 Å². The van der Waals surface area contributed by atoms with Crippen molar-refractivity contribution < 1.29 is 18.3 Å². The van der Waals surface area contributed by atoms with Gasteiger partial charge in [-0.1, -0.05) is 38.3 Å². The zero-order chi connectivity index (χ0) is 15.9. The standard InChI is InChI=1S/C17H20F2O2/c1-4-13(2)14(3)15-6-8-16(9-7-15)21-12-17(18,19)10-5-11-20/h4,6-9,11,14H,1-2,5,10,12H2,3H3/t14-/m0/s1. The van der Waals surface area contributed by atoms with E-state index in [1.807, 2.05) is 19.1 Å². The normalized spacial score (nSPS) is 12.5. The number of halogens is 2. The van der Waals surface area contributed by atoms with Gasteiger partial charge in [0.2, 0.25) is 0 Å². The highest BCUT2D eigenvalue weighted by Gasteiger charge is 2.29. The molecule has 0 saturated carbocycles. The van der Waals surface area contributed by atoms with Gasteiger partial charge in [0, 0.05) is 18.8 Å². The van der Waals surface area contributed by atoms with Crippen LogP contribution in [0, 0.1) is 0 Å². The van der Waals surface area contributed by atoms with Gasteiger partial charge in [0.25, 0.3) is 5.92 Å². The number of ether oxygens (including phenoxy) is 1. The second kappa shape index (κ2) is 7.72. The van der Waals surface area contributed by atoms with E-state index in [2.05, 4.69) is 13.2 Å². The van der Waals surface area contributed by atoms with E-state index in [1.165, 1.54) is 0 Å². The highest BCUT2D eigenvalue weighted by molar-refractivity contribution is 5.49. The first-order valence-corrected chi connectivity index (χ1v) is 6.75. The Morgan fingerprint density at radius 1 is 1.38 bits per heavy atom. The molecule has 0 aliphatic rings. The van der Waals surface area contributed by atoms with Gasteiger partial charge in [0.1, 0.15) is 12.0 Å². The van der Waals surface area contributed by atoms with Crippen molar-refractivity contribution in [2.75, 3.05) is 6.61 Å². The molecule has 0 heterocycles. The molecule has 0 aromatic heterocycles. The topological polar surface area (TPSA) is 26.3 Å². The number of rotatable bonds is 9. The maximum atomic E-state index is 13.3. The smallest absolute Gasteiger partial charge is 0.281 e. The molecular formula is C17H20F2O2. The maximum Gasteiger partial charge on any atom is 0.281 e. The third-order valence-electron chi connectivity index (χ3n) is 3.28. The molecule has 21 heavy (non-hydrogen) atoms. The molecule has 0 aliphatic heterocycles. The van der Waals surface area contributed by atoms with Gasteiger partial charge in [-0.05, 0) is 23.3 Å². The molecule has 1 atom stereocenters. The largest absolute Gasteiger partial charge is 0.487 e. The van der Waals surface area contributed by atoms with Crippen LogP contribution in [0.15, 0.2) is 49.1 Å².